The van der Waals surface area contributed by atoms with E-state index in [0.717, 1.165) is 45.6 Å². The molecule has 1 rings (SSSR count). The van der Waals surface area contributed by atoms with E-state index in [2.05, 4.69) is 36.3 Å². The van der Waals surface area contributed by atoms with Crippen molar-refractivity contribution >= 4 is 5.91 Å². The summed E-state index contributed by atoms with van der Waals surface area (Å²) in [5.41, 5.74) is 0. The third kappa shape index (κ3) is 5.36. The first kappa shape index (κ1) is 15.4. The molecule has 1 amide bonds. The van der Waals surface area contributed by atoms with E-state index >= 15 is 0 Å². The molecule has 0 saturated carbocycles. The van der Waals surface area contributed by atoms with E-state index < -0.39 is 0 Å². The van der Waals surface area contributed by atoms with Crippen LogP contribution in [0.3, 0.4) is 0 Å². The van der Waals surface area contributed by atoms with E-state index in [0.29, 0.717) is 6.04 Å². The van der Waals surface area contributed by atoms with Crippen molar-refractivity contribution in [2.45, 2.75) is 46.1 Å². The van der Waals surface area contributed by atoms with Gasteiger partial charge in [-0.25, -0.2) is 0 Å². The van der Waals surface area contributed by atoms with Crippen molar-refractivity contribution in [3.05, 3.63) is 0 Å². The second kappa shape index (κ2) is 8.48. The molecule has 0 aromatic rings. The largest absolute Gasteiger partial charge is 0.355 e. The molecule has 0 aromatic heterocycles. The van der Waals surface area contributed by atoms with Crippen molar-refractivity contribution in [2.24, 2.45) is 5.92 Å². The van der Waals surface area contributed by atoms with Gasteiger partial charge in [0.25, 0.3) is 0 Å². The lowest BCUT2D eigenvalue weighted by Crippen LogP contribution is -2.44. The fraction of sp³-hybridized carbons (Fsp3) is 0.929. The Morgan fingerprint density at radius 2 is 2.17 bits per heavy atom. The molecular weight excluding hydrogens is 226 g/mol. The van der Waals surface area contributed by atoms with E-state index in [1.54, 1.807) is 0 Å². The molecule has 1 aliphatic rings. The second-order valence-electron chi connectivity index (χ2n) is 5.30. The SMILES string of the molecule is CCCN(CC)CCNC(=O)C1CCNC(C)C1. The Kier molecular flexibility index (Phi) is 7.28. The van der Waals surface area contributed by atoms with Gasteiger partial charge in [0.05, 0.1) is 0 Å². The Morgan fingerprint density at radius 1 is 1.39 bits per heavy atom. The molecule has 4 nitrogen and oxygen atoms in total. The van der Waals surface area contributed by atoms with Crippen LogP contribution in [0.5, 0.6) is 0 Å². The highest BCUT2D eigenvalue weighted by Crippen LogP contribution is 2.15. The molecule has 106 valence electrons. The lowest BCUT2D eigenvalue weighted by Gasteiger charge is -2.27. The monoisotopic (exact) mass is 255 g/mol. The molecule has 0 bridgehead atoms. The highest BCUT2D eigenvalue weighted by molar-refractivity contribution is 5.78. The summed E-state index contributed by atoms with van der Waals surface area (Å²) < 4.78 is 0. The maximum Gasteiger partial charge on any atom is 0.223 e. The van der Waals surface area contributed by atoms with Crippen molar-refractivity contribution in [1.82, 2.24) is 15.5 Å². The summed E-state index contributed by atoms with van der Waals surface area (Å²) >= 11 is 0. The van der Waals surface area contributed by atoms with Gasteiger partial charge in [-0.15, -0.1) is 0 Å². The molecular formula is C14H29N3O. The fourth-order valence-corrected chi connectivity index (χ4v) is 2.60. The second-order valence-corrected chi connectivity index (χ2v) is 5.30. The normalized spacial score (nSPS) is 24.2. The molecule has 4 heteroatoms. The van der Waals surface area contributed by atoms with E-state index in [1.165, 1.54) is 6.42 Å². The van der Waals surface area contributed by atoms with Crippen molar-refractivity contribution in [3.63, 3.8) is 0 Å². The lowest BCUT2D eigenvalue weighted by atomic mass is 9.92. The lowest BCUT2D eigenvalue weighted by molar-refractivity contribution is -0.126. The Balaban J connectivity index is 2.19. The third-order valence-electron chi connectivity index (χ3n) is 3.71. The van der Waals surface area contributed by atoms with Gasteiger partial charge in [-0.1, -0.05) is 13.8 Å². The minimum atomic E-state index is 0.211. The zero-order chi connectivity index (χ0) is 13.4. The van der Waals surface area contributed by atoms with Crippen LogP contribution in [0.25, 0.3) is 0 Å². The van der Waals surface area contributed by atoms with Crippen molar-refractivity contribution in [1.29, 1.82) is 0 Å². The van der Waals surface area contributed by atoms with E-state index in [4.69, 9.17) is 0 Å². The zero-order valence-corrected chi connectivity index (χ0v) is 12.2. The third-order valence-corrected chi connectivity index (χ3v) is 3.71. The number of carbonyl (C=O) groups is 1. The first-order valence-electron chi connectivity index (χ1n) is 7.40. The number of carbonyl (C=O) groups excluding carboxylic acids is 1. The maximum absolute atomic E-state index is 12.0. The number of rotatable bonds is 7. The maximum atomic E-state index is 12.0. The molecule has 1 heterocycles. The van der Waals surface area contributed by atoms with Crippen LogP contribution in [0, 0.1) is 5.92 Å². The summed E-state index contributed by atoms with van der Waals surface area (Å²) in [6, 6.07) is 0.474. The van der Waals surface area contributed by atoms with Gasteiger partial charge in [0.2, 0.25) is 5.91 Å². The van der Waals surface area contributed by atoms with Crippen LogP contribution >= 0.6 is 0 Å². The van der Waals surface area contributed by atoms with Gasteiger partial charge >= 0.3 is 0 Å². The molecule has 2 N–H and O–H groups in total. The summed E-state index contributed by atoms with van der Waals surface area (Å²) in [5, 5.41) is 6.47. The van der Waals surface area contributed by atoms with Gasteiger partial charge in [0, 0.05) is 25.0 Å². The highest BCUT2D eigenvalue weighted by Gasteiger charge is 2.24. The van der Waals surface area contributed by atoms with Crippen LogP contribution in [-0.4, -0.2) is 49.6 Å². The van der Waals surface area contributed by atoms with Gasteiger partial charge in [0.1, 0.15) is 0 Å². The first-order valence-corrected chi connectivity index (χ1v) is 7.40. The number of nitrogens with zero attached hydrogens (tertiary/aromatic N) is 1. The van der Waals surface area contributed by atoms with Crippen LogP contribution in [-0.2, 0) is 4.79 Å². The van der Waals surface area contributed by atoms with E-state index in [-0.39, 0.29) is 11.8 Å². The predicted molar refractivity (Wildman–Crippen MR) is 75.6 cm³/mol. The predicted octanol–water partition coefficient (Wildman–Crippen LogP) is 1.22. The average molecular weight is 255 g/mol. The van der Waals surface area contributed by atoms with Gasteiger partial charge in [-0.2, -0.15) is 0 Å². The number of nitrogens with one attached hydrogen (secondary N) is 2. The van der Waals surface area contributed by atoms with E-state index in [1.807, 2.05) is 0 Å². The van der Waals surface area contributed by atoms with Crippen molar-refractivity contribution in [3.8, 4) is 0 Å². The van der Waals surface area contributed by atoms with Gasteiger partial charge in [-0.05, 0) is 45.8 Å². The van der Waals surface area contributed by atoms with Crippen LogP contribution in [0.2, 0.25) is 0 Å². The number of amides is 1. The van der Waals surface area contributed by atoms with Gasteiger partial charge in [0.15, 0.2) is 0 Å². The van der Waals surface area contributed by atoms with Crippen LogP contribution in [0.1, 0.15) is 40.0 Å². The van der Waals surface area contributed by atoms with Crippen LogP contribution in [0.15, 0.2) is 0 Å². The number of piperidine rings is 1. The summed E-state index contributed by atoms with van der Waals surface area (Å²) in [4.78, 5) is 14.4. The first-order chi connectivity index (χ1) is 8.67. The Bertz CT molecular complexity index is 245. The molecule has 2 unspecified atom stereocenters. The number of likely N-dealkylation sites (N-methyl/N-ethyl adjacent to an activating group) is 1. The molecule has 0 aromatic carbocycles. The molecule has 1 saturated heterocycles. The summed E-state index contributed by atoms with van der Waals surface area (Å²) in [6.45, 7) is 11.4. The average Bonchev–Trinajstić information content (AvgIpc) is 2.37. The Morgan fingerprint density at radius 3 is 2.78 bits per heavy atom. The minimum absolute atomic E-state index is 0.211. The van der Waals surface area contributed by atoms with Gasteiger partial charge in [-0.3, -0.25) is 4.79 Å². The van der Waals surface area contributed by atoms with E-state index in [9.17, 15) is 4.79 Å². The fourth-order valence-electron chi connectivity index (χ4n) is 2.60. The van der Waals surface area contributed by atoms with Crippen molar-refractivity contribution < 1.29 is 4.79 Å². The van der Waals surface area contributed by atoms with Gasteiger partial charge < -0.3 is 15.5 Å². The molecule has 0 spiro atoms. The molecule has 1 aliphatic heterocycles. The topological polar surface area (TPSA) is 44.4 Å². The number of hydrogen-bond donors (Lipinski definition) is 2. The summed E-state index contributed by atoms with van der Waals surface area (Å²) in [7, 11) is 0. The smallest absolute Gasteiger partial charge is 0.223 e. The van der Waals surface area contributed by atoms with Crippen molar-refractivity contribution in [2.75, 3.05) is 32.7 Å². The standard InChI is InChI=1S/C14H29N3O/c1-4-9-17(5-2)10-8-16-14(18)13-6-7-15-12(3)11-13/h12-13,15H,4-11H2,1-3H3,(H,16,18). The summed E-state index contributed by atoms with van der Waals surface area (Å²) in [6.07, 6.45) is 3.12. The molecule has 18 heavy (non-hydrogen) atoms. The quantitative estimate of drug-likeness (QED) is 0.719. The highest BCUT2D eigenvalue weighted by atomic mass is 16.1. The Hall–Kier alpha value is -0.610. The Labute approximate surface area is 111 Å². The number of hydrogen-bond acceptors (Lipinski definition) is 3. The summed E-state index contributed by atoms with van der Waals surface area (Å²) in [5.74, 6) is 0.457. The molecule has 0 radical (unpaired) electrons. The molecule has 1 fully saturated rings. The zero-order valence-electron chi connectivity index (χ0n) is 12.2. The van der Waals surface area contributed by atoms with Crippen LogP contribution in [0.4, 0.5) is 0 Å². The molecule has 2 atom stereocenters. The minimum Gasteiger partial charge on any atom is -0.355 e. The molecule has 0 aliphatic carbocycles. The van der Waals surface area contributed by atoms with Crippen LogP contribution < -0.4 is 10.6 Å².